The first-order valence-electron chi connectivity index (χ1n) is 11.4. The average molecular weight is 485 g/mol. The van der Waals surface area contributed by atoms with Crippen LogP contribution in [0.15, 0.2) is 77.6 Å². The molecular weight excluding hydrogens is 460 g/mol. The zero-order chi connectivity index (χ0) is 24.4. The maximum absolute atomic E-state index is 13.4. The predicted molar refractivity (Wildman–Crippen MR) is 140 cm³/mol. The molecule has 1 fully saturated rings. The molecule has 0 atom stereocenters. The number of para-hydroxylation sites is 1. The van der Waals surface area contributed by atoms with Crippen LogP contribution in [0, 0.1) is 6.92 Å². The average Bonchev–Trinajstić information content (AvgIpc) is 2.90. The molecule has 0 spiro atoms. The molecule has 1 aliphatic rings. The third-order valence-corrected chi connectivity index (χ3v) is 6.98. The van der Waals surface area contributed by atoms with Crippen LogP contribution in [0.1, 0.15) is 26.4 Å². The number of hydrogen-bond donors (Lipinski definition) is 1. The lowest BCUT2D eigenvalue weighted by Crippen LogP contribution is -2.37. The molecule has 8 heteroatoms. The van der Waals surface area contributed by atoms with Crippen LogP contribution in [0.3, 0.4) is 0 Å². The molecular formula is C27H24N4O3S. The van der Waals surface area contributed by atoms with Gasteiger partial charge in [0.15, 0.2) is 5.69 Å². The summed E-state index contributed by atoms with van der Waals surface area (Å²) >= 11 is 1.85. The van der Waals surface area contributed by atoms with Gasteiger partial charge >= 0.3 is 0 Å². The van der Waals surface area contributed by atoms with E-state index < -0.39 is 5.91 Å². The number of nitrogens with zero attached hydrogens (tertiary/aromatic N) is 3. The number of amides is 2. The Labute approximate surface area is 206 Å². The van der Waals surface area contributed by atoms with Gasteiger partial charge in [-0.25, -0.2) is 0 Å². The van der Waals surface area contributed by atoms with E-state index in [2.05, 4.69) is 10.4 Å². The van der Waals surface area contributed by atoms with Crippen molar-refractivity contribution in [3.05, 3.63) is 100.0 Å². The zero-order valence-electron chi connectivity index (χ0n) is 19.2. The predicted octanol–water partition coefficient (Wildman–Crippen LogP) is 4.14. The number of nitrogens with one attached hydrogen (secondary N) is 1. The smallest absolute Gasteiger partial charge is 0.279 e. The molecule has 0 aliphatic carbocycles. The highest BCUT2D eigenvalue weighted by molar-refractivity contribution is 7.99. The van der Waals surface area contributed by atoms with E-state index in [9.17, 15) is 14.4 Å². The van der Waals surface area contributed by atoms with Crippen molar-refractivity contribution in [3.63, 3.8) is 0 Å². The fourth-order valence-corrected chi connectivity index (χ4v) is 5.07. The maximum Gasteiger partial charge on any atom is 0.279 e. The van der Waals surface area contributed by atoms with Crippen molar-refractivity contribution in [2.45, 2.75) is 6.92 Å². The molecule has 0 bridgehead atoms. The number of fused-ring (bicyclic) bond motifs is 1. The van der Waals surface area contributed by atoms with Crippen LogP contribution in [0.2, 0.25) is 0 Å². The summed E-state index contributed by atoms with van der Waals surface area (Å²) in [6, 6.07) is 21.3. The quantitative estimate of drug-likeness (QED) is 0.471. The van der Waals surface area contributed by atoms with Gasteiger partial charge in [-0.1, -0.05) is 36.4 Å². The summed E-state index contributed by atoms with van der Waals surface area (Å²) in [6.07, 6.45) is 0. The minimum Gasteiger partial charge on any atom is -0.337 e. The molecule has 0 saturated carbocycles. The normalized spacial score (nSPS) is 13.6. The van der Waals surface area contributed by atoms with Gasteiger partial charge in [0.1, 0.15) is 0 Å². The van der Waals surface area contributed by atoms with E-state index in [4.69, 9.17) is 0 Å². The summed E-state index contributed by atoms with van der Waals surface area (Å²) in [5, 5.41) is 8.24. The van der Waals surface area contributed by atoms with Crippen LogP contribution < -0.4 is 10.9 Å². The molecule has 1 saturated heterocycles. The summed E-state index contributed by atoms with van der Waals surface area (Å²) in [5.41, 5.74) is 2.40. The molecule has 35 heavy (non-hydrogen) atoms. The number of hydrogen-bond acceptors (Lipinski definition) is 5. The Balaban J connectivity index is 1.48. The van der Waals surface area contributed by atoms with E-state index >= 15 is 0 Å². The monoisotopic (exact) mass is 484 g/mol. The first-order valence-corrected chi connectivity index (χ1v) is 12.5. The lowest BCUT2D eigenvalue weighted by Gasteiger charge is -2.26. The molecule has 4 aromatic rings. The van der Waals surface area contributed by atoms with Crippen molar-refractivity contribution in [1.29, 1.82) is 0 Å². The van der Waals surface area contributed by atoms with E-state index in [-0.39, 0.29) is 17.2 Å². The second-order valence-electron chi connectivity index (χ2n) is 8.34. The number of aryl methyl sites for hydroxylation is 1. The zero-order valence-corrected chi connectivity index (χ0v) is 20.0. The highest BCUT2D eigenvalue weighted by Gasteiger charge is 2.21. The van der Waals surface area contributed by atoms with Crippen LogP contribution >= 0.6 is 11.8 Å². The summed E-state index contributed by atoms with van der Waals surface area (Å²) in [6.45, 7) is 3.35. The van der Waals surface area contributed by atoms with E-state index in [1.54, 1.807) is 54.6 Å². The summed E-state index contributed by atoms with van der Waals surface area (Å²) < 4.78 is 1.25. The van der Waals surface area contributed by atoms with Crippen LogP contribution in [0.5, 0.6) is 0 Å². The lowest BCUT2D eigenvalue weighted by atomic mass is 10.1. The minimum absolute atomic E-state index is 0.00822. The summed E-state index contributed by atoms with van der Waals surface area (Å²) in [7, 11) is 0. The number of aromatic nitrogens is 2. The molecule has 0 unspecified atom stereocenters. The number of benzene rings is 3. The van der Waals surface area contributed by atoms with Gasteiger partial charge in [-0.05, 0) is 48.9 Å². The number of thioether (sulfide) groups is 1. The van der Waals surface area contributed by atoms with Crippen LogP contribution in [0.25, 0.3) is 16.5 Å². The van der Waals surface area contributed by atoms with E-state index in [0.717, 1.165) is 30.2 Å². The van der Waals surface area contributed by atoms with Crippen molar-refractivity contribution in [2.24, 2.45) is 0 Å². The van der Waals surface area contributed by atoms with Crippen LogP contribution in [0.4, 0.5) is 5.69 Å². The number of rotatable bonds is 4. The second-order valence-corrected chi connectivity index (χ2v) is 9.56. The molecule has 176 valence electrons. The van der Waals surface area contributed by atoms with E-state index in [0.29, 0.717) is 27.7 Å². The van der Waals surface area contributed by atoms with Crippen molar-refractivity contribution >= 4 is 40.0 Å². The molecule has 1 N–H and O–H groups in total. The molecule has 1 aliphatic heterocycles. The first-order chi connectivity index (χ1) is 17.0. The maximum atomic E-state index is 13.4. The van der Waals surface area contributed by atoms with Crippen LogP contribution in [-0.2, 0) is 0 Å². The second kappa shape index (κ2) is 9.76. The number of carbonyl (C=O) groups is 2. The van der Waals surface area contributed by atoms with E-state index in [1.807, 2.05) is 41.8 Å². The van der Waals surface area contributed by atoms with Gasteiger partial charge in [0.05, 0.1) is 11.1 Å². The fourth-order valence-electron chi connectivity index (χ4n) is 4.17. The Morgan fingerprint density at radius 1 is 0.914 bits per heavy atom. The van der Waals surface area contributed by atoms with Gasteiger partial charge in [-0.2, -0.15) is 21.5 Å². The molecule has 7 nitrogen and oxygen atoms in total. The molecule has 2 amide bonds. The Hall–Kier alpha value is -3.91. The summed E-state index contributed by atoms with van der Waals surface area (Å²) in [4.78, 5) is 41.2. The minimum atomic E-state index is -0.430. The van der Waals surface area contributed by atoms with Gasteiger partial charge in [0, 0.05) is 41.2 Å². The van der Waals surface area contributed by atoms with Gasteiger partial charge in [-0.3, -0.25) is 14.4 Å². The largest absolute Gasteiger partial charge is 0.337 e. The third-order valence-electron chi connectivity index (χ3n) is 6.04. The van der Waals surface area contributed by atoms with Gasteiger partial charge in [0.2, 0.25) is 0 Å². The number of carbonyl (C=O) groups excluding carboxylic acids is 2. The Morgan fingerprint density at radius 2 is 1.60 bits per heavy atom. The topological polar surface area (TPSA) is 84.3 Å². The molecule has 0 radical (unpaired) electrons. The van der Waals surface area contributed by atoms with Crippen LogP contribution in [-0.4, -0.2) is 51.1 Å². The Kier molecular flexibility index (Phi) is 6.37. The SMILES string of the molecule is Cc1cc(C(=O)N2CCSCC2)ccc1NC(=O)c1nn(-c2ccccc2)c(=O)c2ccccc12. The lowest BCUT2D eigenvalue weighted by molar-refractivity contribution is 0.0772. The van der Waals surface area contributed by atoms with Gasteiger partial charge in [0.25, 0.3) is 17.4 Å². The third kappa shape index (κ3) is 4.57. The standard InChI is InChI=1S/C27H24N4O3S/c1-18-17-19(26(33)30-13-15-35-16-14-30)11-12-23(18)28-25(32)24-21-9-5-6-10-22(21)27(34)31(29-24)20-7-3-2-4-8-20/h2-12,17H,13-16H2,1H3,(H,28,32). The van der Waals surface area contributed by atoms with Crippen molar-refractivity contribution in [3.8, 4) is 5.69 Å². The van der Waals surface area contributed by atoms with Crippen molar-refractivity contribution in [1.82, 2.24) is 14.7 Å². The highest BCUT2D eigenvalue weighted by Crippen LogP contribution is 2.22. The van der Waals surface area contributed by atoms with Gasteiger partial charge in [-0.15, -0.1) is 0 Å². The Bertz CT molecular complexity index is 1480. The fraction of sp³-hybridized carbons (Fsp3) is 0.185. The van der Waals surface area contributed by atoms with E-state index in [1.165, 1.54) is 4.68 Å². The summed E-state index contributed by atoms with van der Waals surface area (Å²) in [5.74, 6) is 1.48. The Morgan fingerprint density at radius 3 is 2.31 bits per heavy atom. The molecule has 2 heterocycles. The number of anilines is 1. The molecule has 1 aromatic heterocycles. The molecule has 5 rings (SSSR count). The highest BCUT2D eigenvalue weighted by atomic mass is 32.2. The van der Waals surface area contributed by atoms with Crippen molar-refractivity contribution < 1.29 is 9.59 Å². The van der Waals surface area contributed by atoms with Gasteiger partial charge < -0.3 is 10.2 Å². The molecule has 3 aromatic carbocycles. The first kappa shape index (κ1) is 22.9. The van der Waals surface area contributed by atoms with Crippen molar-refractivity contribution in [2.75, 3.05) is 29.9 Å².